The van der Waals surface area contributed by atoms with E-state index < -0.39 is 0 Å². The fourth-order valence-corrected chi connectivity index (χ4v) is 3.12. The fraction of sp³-hybridized carbons (Fsp3) is 0.316. The Hall–Kier alpha value is -2.49. The molecule has 1 aliphatic heterocycles. The molecule has 2 N–H and O–H groups in total. The van der Waals surface area contributed by atoms with Crippen LogP contribution in [0.15, 0.2) is 48.5 Å². The first-order chi connectivity index (χ1) is 11.2. The van der Waals surface area contributed by atoms with Crippen molar-refractivity contribution in [2.45, 2.75) is 19.8 Å². The molecule has 1 amide bonds. The molecule has 0 unspecified atom stereocenters. The monoisotopic (exact) mass is 309 g/mol. The van der Waals surface area contributed by atoms with Gasteiger partial charge < -0.3 is 15.5 Å². The van der Waals surface area contributed by atoms with Crippen molar-refractivity contribution in [1.29, 1.82) is 0 Å². The van der Waals surface area contributed by atoms with Crippen molar-refractivity contribution in [1.82, 2.24) is 0 Å². The maximum atomic E-state index is 12.9. The Labute approximate surface area is 137 Å². The topological polar surface area (TPSA) is 49.6 Å². The Kier molecular flexibility index (Phi) is 4.51. The summed E-state index contributed by atoms with van der Waals surface area (Å²) < 4.78 is 0. The number of benzene rings is 2. The van der Waals surface area contributed by atoms with E-state index in [2.05, 4.69) is 11.0 Å². The molecule has 4 nitrogen and oxygen atoms in total. The van der Waals surface area contributed by atoms with E-state index in [1.807, 2.05) is 30.0 Å². The Morgan fingerprint density at radius 2 is 1.74 bits per heavy atom. The molecule has 3 rings (SSSR count). The van der Waals surface area contributed by atoms with Gasteiger partial charge in [-0.15, -0.1) is 0 Å². The fourth-order valence-electron chi connectivity index (χ4n) is 3.12. The lowest BCUT2D eigenvalue weighted by Gasteiger charge is -2.28. The lowest BCUT2D eigenvalue weighted by Crippen LogP contribution is -2.32. The van der Waals surface area contributed by atoms with E-state index in [0.717, 1.165) is 24.5 Å². The lowest BCUT2D eigenvalue weighted by molar-refractivity contribution is 0.0988. The van der Waals surface area contributed by atoms with E-state index in [4.69, 9.17) is 5.73 Å². The molecular formula is C19H23N3O. The number of nitrogen functional groups attached to an aromatic ring is 1. The highest BCUT2D eigenvalue weighted by Crippen LogP contribution is 2.32. The molecule has 4 heteroatoms. The van der Waals surface area contributed by atoms with Crippen molar-refractivity contribution in [3.8, 4) is 0 Å². The van der Waals surface area contributed by atoms with Gasteiger partial charge in [-0.1, -0.05) is 12.1 Å². The van der Waals surface area contributed by atoms with E-state index in [1.54, 1.807) is 24.3 Å². The molecular weight excluding hydrogens is 286 g/mol. The van der Waals surface area contributed by atoms with Gasteiger partial charge in [-0.2, -0.15) is 0 Å². The van der Waals surface area contributed by atoms with E-state index in [9.17, 15) is 4.79 Å². The largest absolute Gasteiger partial charge is 0.399 e. The van der Waals surface area contributed by atoms with Crippen molar-refractivity contribution in [3.63, 3.8) is 0 Å². The lowest BCUT2D eigenvalue weighted by atomic mass is 10.1. The number of nitrogens with two attached hydrogens (primary N) is 1. The molecule has 0 aromatic heterocycles. The van der Waals surface area contributed by atoms with Gasteiger partial charge in [0.1, 0.15) is 0 Å². The van der Waals surface area contributed by atoms with E-state index in [1.165, 1.54) is 12.8 Å². The van der Waals surface area contributed by atoms with Gasteiger partial charge in [0.15, 0.2) is 0 Å². The smallest absolute Gasteiger partial charge is 0.258 e. The Bertz CT molecular complexity index is 675. The van der Waals surface area contributed by atoms with Crippen molar-refractivity contribution >= 4 is 23.0 Å². The van der Waals surface area contributed by atoms with Crippen LogP contribution >= 0.6 is 0 Å². The number of anilines is 3. The first-order valence-electron chi connectivity index (χ1n) is 8.22. The highest BCUT2D eigenvalue weighted by Gasteiger charge is 2.22. The van der Waals surface area contributed by atoms with Gasteiger partial charge in [0, 0.05) is 30.9 Å². The first-order valence-corrected chi connectivity index (χ1v) is 8.22. The van der Waals surface area contributed by atoms with Crippen LogP contribution in [0.3, 0.4) is 0 Å². The molecule has 0 bridgehead atoms. The van der Waals surface area contributed by atoms with Gasteiger partial charge in [-0.05, 0) is 56.2 Å². The molecule has 1 saturated heterocycles. The molecule has 2 aromatic rings. The minimum atomic E-state index is 0.0131. The molecule has 1 heterocycles. The number of hydrogen-bond donors (Lipinski definition) is 1. The van der Waals surface area contributed by atoms with Gasteiger partial charge in [-0.25, -0.2) is 0 Å². The third kappa shape index (κ3) is 3.16. The Balaban J connectivity index is 1.94. The second-order valence-corrected chi connectivity index (χ2v) is 5.85. The van der Waals surface area contributed by atoms with Gasteiger partial charge >= 0.3 is 0 Å². The highest BCUT2D eigenvalue weighted by molar-refractivity contribution is 6.07. The van der Waals surface area contributed by atoms with Gasteiger partial charge in [-0.3, -0.25) is 4.79 Å². The summed E-state index contributed by atoms with van der Waals surface area (Å²) in [4.78, 5) is 17.1. The summed E-state index contributed by atoms with van der Waals surface area (Å²) >= 11 is 0. The molecule has 0 aliphatic carbocycles. The molecule has 2 aromatic carbocycles. The predicted molar refractivity (Wildman–Crippen MR) is 96.1 cm³/mol. The maximum absolute atomic E-state index is 12.9. The Morgan fingerprint density at radius 1 is 1.09 bits per heavy atom. The van der Waals surface area contributed by atoms with Crippen molar-refractivity contribution < 1.29 is 4.79 Å². The van der Waals surface area contributed by atoms with Gasteiger partial charge in [0.05, 0.1) is 11.4 Å². The summed E-state index contributed by atoms with van der Waals surface area (Å²) in [7, 11) is 0. The second-order valence-electron chi connectivity index (χ2n) is 5.85. The second kappa shape index (κ2) is 6.73. The first kappa shape index (κ1) is 15.4. The van der Waals surface area contributed by atoms with Crippen LogP contribution < -0.4 is 15.5 Å². The van der Waals surface area contributed by atoms with Crippen LogP contribution in [-0.2, 0) is 0 Å². The molecule has 0 saturated carbocycles. The minimum Gasteiger partial charge on any atom is -0.399 e. The summed E-state index contributed by atoms with van der Waals surface area (Å²) in [5.74, 6) is 0.0131. The minimum absolute atomic E-state index is 0.0131. The van der Waals surface area contributed by atoms with Gasteiger partial charge in [0.2, 0.25) is 0 Å². The third-order valence-electron chi connectivity index (χ3n) is 4.34. The zero-order chi connectivity index (χ0) is 16.2. The average Bonchev–Trinajstić information content (AvgIpc) is 3.11. The number of nitrogens with zero attached hydrogens (tertiary/aromatic N) is 2. The SMILES string of the molecule is CCN(C(=O)c1ccc(N)cc1)c1ccccc1N1CCCC1. The normalized spacial score (nSPS) is 14.0. The molecule has 1 aliphatic rings. The molecule has 0 spiro atoms. The van der Waals surface area contributed by atoms with Crippen LogP contribution in [0.25, 0.3) is 0 Å². The predicted octanol–water partition coefficient (Wildman–Crippen LogP) is 3.54. The van der Waals surface area contributed by atoms with Crippen LogP contribution in [0.2, 0.25) is 0 Å². The van der Waals surface area contributed by atoms with E-state index in [-0.39, 0.29) is 5.91 Å². The number of carbonyl (C=O) groups excluding carboxylic acids is 1. The van der Waals surface area contributed by atoms with Crippen LogP contribution in [0, 0.1) is 0 Å². The van der Waals surface area contributed by atoms with Crippen LogP contribution in [0.4, 0.5) is 17.1 Å². The van der Waals surface area contributed by atoms with Crippen molar-refractivity contribution in [2.24, 2.45) is 0 Å². The van der Waals surface area contributed by atoms with Crippen LogP contribution in [0.1, 0.15) is 30.1 Å². The van der Waals surface area contributed by atoms with E-state index in [0.29, 0.717) is 17.8 Å². The maximum Gasteiger partial charge on any atom is 0.258 e. The highest BCUT2D eigenvalue weighted by atomic mass is 16.2. The summed E-state index contributed by atoms with van der Waals surface area (Å²) in [6.45, 7) is 4.76. The number of para-hydroxylation sites is 2. The summed E-state index contributed by atoms with van der Waals surface area (Å²) in [5.41, 5.74) is 9.19. The van der Waals surface area contributed by atoms with Gasteiger partial charge in [0.25, 0.3) is 5.91 Å². The number of rotatable bonds is 4. The zero-order valence-electron chi connectivity index (χ0n) is 13.5. The summed E-state index contributed by atoms with van der Waals surface area (Å²) in [6, 6.07) is 15.3. The third-order valence-corrected chi connectivity index (χ3v) is 4.34. The number of carbonyl (C=O) groups is 1. The Morgan fingerprint density at radius 3 is 2.39 bits per heavy atom. The molecule has 0 radical (unpaired) electrons. The van der Waals surface area contributed by atoms with E-state index >= 15 is 0 Å². The molecule has 23 heavy (non-hydrogen) atoms. The molecule has 0 atom stereocenters. The van der Waals surface area contributed by atoms with Crippen LogP contribution in [0.5, 0.6) is 0 Å². The summed E-state index contributed by atoms with van der Waals surface area (Å²) in [5, 5.41) is 0. The molecule has 120 valence electrons. The quantitative estimate of drug-likeness (QED) is 0.879. The van der Waals surface area contributed by atoms with Crippen LogP contribution in [-0.4, -0.2) is 25.5 Å². The number of amides is 1. The standard InChI is InChI=1S/C19H23N3O/c1-2-22(19(23)15-9-11-16(20)12-10-15)18-8-4-3-7-17(18)21-13-5-6-14-21/h3-4,7-12H,2,5-6,13-14,20H2,1H3. The average molecular weight is 309 g/mol. The van der Waals surface area contributed by atoms with Crippen molar-refractivity contribution in [3.05, 3.63) is 54.1 Å². The summed E-state index contributed by atoms with van der Waals surface area (Å²) in [6.07, 6.45) is 2.43. The van der Waals surface area contributed by atoms with Crippen molar-refractivity contribution in [2.75, 3.05) is 35.2 Å². The zero-order valence-corrected chi connectivity index (χ0v) is 13.5. The molecule has 1 fully saturated rings. The number of hydrogen-bond acceptors (Lipinski definition) is 3.